The first kappa shape index (κ1) is 20.8. The van der Waals surface area contributed by atoms with Crippen molar-refractivity contribution in [2.24, 2.45) is 7.05 Å². The summed E-state index contributed by atoms with van der Waals surface area (Å²) in [7, 11) is -1.19. The summed E-state index contributed by atoms with van der Waals surface area (Å²) in [4.78, 5) is 17.8. The Bertz CT molecular complexity index is 1330. The average molecular weight is 434 g/mol. The summed E-state index contributed by atoms with van der Waals surface area (Å²) in [5.74, 6) is 0.419. The minimum absolute atomic E-state index is 0.0542. The maximum Gasteiger partial charge on any atom is 0.252 e. The number of fused-ring (bicyclic) bond motifs is 1. The molecule has 1 aromatic heterocycles. The molecule has 0 saturated heterocycles. The van der Waals surface area contributed by atoms with Crippen LogP contribution in [-0.2, 0) is 22.6 Å². The van der Waals surface area contributed by atoms with Gasteiger partial charge in [-0.05, 0) is 35.4 Å². The number of benzene rings is 3. The average Bonchev–Trinajstić information content (AvgIpc) is 3.08. The van der Waals surface area contributed by atoms with Gasteiger partial charge in [-0.3, -0.25) is 4.79 Å². The first-order chi connectivity index (χ1) is 14.8. The fraction of sp³-hybridized carbons (Fsp3) is 0.167. The third kappa shape index (κ3) is 4.67. The third-order valence-electron chi connectivity index (χ3n) is 5.13. The Labute approximate surface area is 181 Å². The molecule has 4 rings (SSSR count). The zero-order valence-electron chi connectivity index (χ0n) is 17.3. The van der Waals surface area contributed by atoms with Crippen LogP contribution in [0, 0.1) is 0 Å². The smallest absolute Gasteiger partial charge is 0.252 e. The Morgan fingerprint density at radius 1 is 0.968 bits per heavy atom. The molecule has 3 aromatic carbocycles. The maximum absolute atomic E-state index is 13.1. The minimum Gasteiger partial charge on any atom is -0.338 e. The zero-order chi connectivity index (χ0) is 22.0. The molecule has 0 aliphatic heterocycles. The molecule has 6 nitrogen and oxygen atoms in total. The minimum atomic E-state index is -3.13. The van der Waals surface area contributed by atoms with E-state index in [-0.39, 0.29) is 11.7 Å². The van der Waals surface area contributed by atoms with Gasteiger partial charge in [0.05, 0.1) is 16.8 Å². The zero-order valence-corrected chi connectivity index (χ0v) is 18.1. The lowest BCUT2D eigenvalue weighted by Gasteiger charge is -2.19. The molecule has 0 aliphatic rings. The van der Waals surface area contributed by atoms with E-state index >= 15 is 0 Å². The van der Waals surface area contributed by atoms with E-state index in [4.69, 9.17) is 4.98 Å². The molecule has 0 spiro atoms. The van der Waals surface area contributed by atoms with Crippen LogP contribution in [0.4, 0.5) is 0 Å². The highest BCUT2D eigenvalue weighted by molar-refractivity contribution is 7.89. The number of sulfone groups is 1. The lowest BCUT2D eigenvalue weighted by atomic mass is 10.0. The number of nitrogens with one attached hydrogen (secondary N) is 1. The summed E-state index contributed by atoms with van der Waals surface area (Å²) < 4.78 is 25.0. The topological polar surface area (TPSA) is 81.1 Å². The van der Waals surface area contributed by atoms with Crippen molar-refractivity contribution in [1.82, 2.24) is 14.9 Å². The van der Waals surface area contributed by atoms with Crippen LogP contribution in [0.2, 0.25) is 0 Å². The Kier molecular flexibility index (Phi) is 5.61. The molecule has 31 heavy (non-hydrogen) atoms. The number of carbonyl (C=O) groups excluding carboxylic acids is 1. The Balaban J connectivity index is 1.67. The molecular weight excluding hydrogens is 410 g/mol. The van der Waals surface area contributed by atoms with Crippen molar-refractivity contribution in [1.29, 1.82) is 0 Å². The largest absolute Gasteiger partial charge is 0.338 e. The fourth-order valence-electron chi connectivity index (χ4n) is 3.63. The number of amides is 1. The number of aromatic nitrogens is 2. The molecule has 0 bridgehead atoms. The molecule has 0 aliphatic carbocycles. The van der Waals surface area contributed by atoms with E-state index in [1.54, 1.807) is 24.3 Å². The first-order valence-electron chi connectivity index (χ1n) is 9.86. The molecule has 0 radical (unpaired) electrons. The van der Waals surface area contributed by atoms with Crippen molar-refractivity contribution in [3.63, 3.8) is 0 Å². The van der Waals surface area contributed by atoms with Crippen LogP contribution in [0.5, 0.6) is 0 Å². The van der Waals surface area contributed by atoms with E-state index in [1.165, 1.54) is 6.26 Å². The molecule has 1 heterocycles. The van der Waals surface area contributed by atoms with Gasteiger partial charge in [0.25, 0.3) is 5.91 Å². The van der Waals surface area contributed by atoms with Crippen LogP contribution in [0.1, 0.15) is 33.4 Å². The van der Waals surface area contributed by atoms with Crippen molar-refractivity contribution in [2.45, 2.75) is 11.8 Å². The predicted molar refractivity (Wildman–Crippen MR) is 121 cm³/mol. The van der Waals surface area contributed by atoms with Crippen LogP contribution in [-0.4, -0.2) is 30.1 Å². The second-order valence-corrected chi connectivity index (χ2v) is 9.74. The van der Waals surface area contributed by atoms with Crippen molar-refractivity contribution in [2.75, 3.05) is 6.26 Å². The van der Waals surface area contributed by atoms with Gasteiger partial charge in [0.2, 0.25) is 0 Å². The number of para-hydroxylation sites is 2. The number of hydrogen-bond acceptors (Lipinski definition) is 4. The number of rotatable bonds is 6. The van der Waals surface area contributed by atoms with E-state index < -0.39 is 15.9 Å². The third-order valence-corrected chi connectivity index (χ3v) is 5.99. The van der Waals surface area contributed by atoms with E-state index in [0.29, 0.717) is 11.1 Å². The van der Waals surface area contributed by atoms with Gasteiger partial charge < -0.3 is 9.88 Å². The lowest BCUT2D eigenvalue weighted by Crippen LogP contribution is -2.31. The van der Waals surface area contributed by atoms with Gasteiger partial charge >= 0.3 is 0 Å². The second-order valence-electron chi connectivity index (χ2n) is 7.60. The Morgan fingerprint density at radius 3 is 2.26 bits per heavy atom. The van der Waals surface area contributed by atoms with Gasteiger partial charge in [-0.1, -0.05) is 54.6 Å². The van der Waals surface area contributed by atoms with Crippen LogP contribution < -0.4 is 5.32 Å². The lowest BCUT2D eigenvalue weighted by molar-refractivity contribution is 0.0941. The molecule has 0 saturated carbocycles. The number of imidazole rings is 1. The SMILES string of the molecule is Cn1c(C(NC(=O)c2ccc(CS(C)(=O)=O)cc2)c2ccccc2)nc2ccccc21. The molecule has 1 atom stereocenters. The standard InChI is InChI=1S/C24H23N3O3S/c1-27-21-11-7-6-10-20(21)25-23(27)22(18-8-4-3-5-9-18)26-24(28)19-14-12-17(13-15-19)16-31(2,29)30/h3-15,22H,16H2,1-2H3,(H,26,28). The van der Waals surface area contributed by atoms with Crippen molar-refractivity contribution < 1.29 is 13.2 Å². The van der Waals surface area contributed by atoms with Gasteiger partial charge in [0, 0.05) is 18.9 Å². The van der Waals surface area contributed by atoms with E-state index in [0.717, 1.165) is 22.4 Å². The highest BCUT2D eigenvalue weighted by atomic mass is 32.2. The predicted octanol–water partition coefficient (Wildman–Crippen LogP) is 3.64. The van der Waals surface area contributed by atoms with E-state index in [1.807, 2.05) is 66.2 Å². The van der Waals surface area contributed by atoms with E-state index in [2.05, 4.69) is 5.32 Å². The van der Waals surface area contributed by atoms with Crippen molar-refractivity contribution in [3.05, 3.63) is 101 Å². The Hall–Kier alpha value is -3.45. The molecule has 158 valence electrons. The molecule has 1 amide bonds. The first-order valence-corrected chi connectivity index (χ1v) is 11.9. The van der Waals surface area contributed by atoms with Crippen molar-refractivity contribution >= 4 is 26.8 Å². The summed E-state index contributed by atoms with van der Waals surface area (Å²) in [6.07, 6.45) is 1.19. The van der Waals surface area contributed by atoms with Crippen LogP contribution >= 0.6 is 0 Å². The monoisotopic (exact) mass is 433 g/mol. The van der Waals surface area contributed by atoms with Gasteiger partial charge in [-0.2, -0.15) is 0 Å². The quantitative estimate of drug-likeness (QED) is 0.503. The highest BCUT2D eigenvalue weighted by Crippen LogP contribution is 2.25. The summed E-state index contributed by atoms with van der Waals surface area (Å²) >= 11 is 0. The normalized spacial score (nSPS) is 12.6. The molecule has 0 fully saturated rings. The van der Waals surface area contributed by atoms with Crippen LogP contribution in [0.3, 0.4) is 0 Å². The van der Waals surface area contributed by atoms with E-state index in [9.17, 15) is 13.2 Å². The fourth-order valence-corrected chi connectivity index (χ4v) is 4.43. The second kappa shape index (κ2) is 8.35. The molecule has 1 N–H and O–H groups in total. The maximum atomic E-state index is 13.1. The number of nitrogens with zero attached hydrogens (tertiary/aromatic N) is 2. The number of carbonyl (C=O) groups is 1. The van der Waals surface area contributed by atoms with Gasteiger partial charge in [0.15, 0.2) is 9.84 Å². The summed E-state index contributed by atoms with van der Waals surface area (Å²) in [6.45, 7) is 0. The molecule has 1 unspecified atom stereocenters. The molecule has 7 heteroatoms. The highest BCUT2D eigenvalue weighted by Gasteiger charge is 2.23. The number of aryl methyl sites for hydroxylation is 1. The summed E-state index contributed by atoms with van der Waals surface area (Å²) in [6, 6.07) is 23.7. The van der Waals surface area contributed by atoms with Gasteiger partial charge in [0.1, 0.15) is 11.9 Å². The van der Waals surface area contributed by atoms with Crippen LogP contribution in [0.25, 0.3) is 11.0 Å². The van der Waals surface area contributed by atoms with Gasteiger partial charge in [-0.25, -0.2) is 13.4 Å². The Morgan fingerprint density at radius 2 is 1.61 bits per heavy atom. The number of hydrogen-bond donors (Lipinski definition) is 1. The van der Waals surface area contributed by atoms with Crippen LogP contribution in [0.15, 0.2) is 78.9 Å². The summed E-state index contributed by atoms with van der Waals surface area (Å²) in [5, 5.41) is 3.09. The van der Waals surface area contributed by atoms with Crippen molar-refractivity contribution in [3.8, 4) is 0 Å². The summed E-state index contributed by atoms with van der Waals surface area (Å²) in [5.41, 5.74) is 3.87. The molecule has 4 aromatic rings. The molecular formula is C24H23N3O3S. The van der Waals surface area contributed by atoms with Gasteiger partial charge in [-0.15, -0.1) is 0 Å².